The van der Waals surface area contributed by atoms with Gasteiger partial charge in [-0.1, -0.05) is 31.2 Å². The van der Waals surface area contributed by atoms with Crippen LogP contribution < -0.4 is 5.32 Å². The van der Waals surface area contributed by atoms with Gasteiger partial charge in [0.1, 0.15) is 0 Å². The van der Waals surface area contributed by atoms with E-state index in [2.05, 4.69) is 37.4 Å². The van der Waals surface area contributed by atoms with Gasteiger partial charge in [0.05, 0.1) is 17.7 Å². The van der Waals surface area contributed by atoms with Gasteiger partial charge in [-0.3, -0.25) is 4.79 Å². The van der Waals surface area contributed by atoms with Crippen LogP contribution in [0.2, 0.25) is 0 Å². The van der Waals surface area contributed by atoms with Crippen LogP contribution >= 0.6 is 12.4 Å². The lowest BCUT2D eigenvalue weighted by Gasteiger charge is -2.39. The van der Waals surface area contributed by atoms with Gasteiger partial charge in [0.25, 0.3) is 5.91 Å². The molecule has 1 fully saturated rings. The predicted octanol–water partition coefficient (Wildman–Crippen LogP) is 3.56. The number of carbonyl (C=O) groups is 1. The largest absolute Gasteiger partial charge is 0.329 e. The summed E-state index contributed by atoms with van der Waals surface area (Å²) in [5, 5.41) is 12.5. The molecule has 0 unspecified atom stereocenters. The molecule has 0 saturated carbocycles. The number of halogens is 1. The van der Waals surface area contributed by atoms with E-state index in [9.17, 15) is 4.79 Å². The molecule has 1 amide bonds. The van der Waals surface area contributed by atoms with Crippen molar-refractivity contribution in [3.8, 4) is 6.07 Å². The van der Waals surface area contributed by atoms with Crippen LogP contribution in [0.25, 0.3) is 0 Å². The van der Waals surface area contributed by atoms with Crippen LogP contribution in [-0.2, 0) is 13.0 Å². The molecule has 5 heteroatoms. The molecule has 2 aliphatic heterocycles. The lowest BCUT2D eigenvalue weighted by Crippen LogP contribution is -2.48. The van der Waals surface area contributed by atoms with Gasteiger partial charge in [0.2, 0.25) is 0 Å². The van der Waals surface area contributed by atoms with Crippen molar-refractivity contribution in [2.75, 3.05) is 13.1 Å². The number of fused-ring (bicyclic) bond motifs is 3. The molecule has 1 N–H and O–H groups in total. The summed E-state index contributed by atoms with van der Waals surface area (Å²) >= 11 is 0. The van der Waals surface area contributed by atoms with Crippen molar-refractivity contribution < 1.29 is 4.79 Å². The number of nitriles is 1. The molecule has 0 radical (unpaired) electrons. The Morgan fingerprint density at radius 2 is 1.93 bits per heavy atom. The number of nitrogens with zero attached hydrogens (tertiary/aromatic N) is 2. The quantitative estimate of drug-likeness (QED) is 0.884. The van der Waals surface area contributed by atoms with Crippen molar-refractivity contribution in [2.45, 2.75) is 38.8 Å². The summed E-state index contributed by atoms with van der Waals surface area (Å²) < 4.78 is 0. The number of rotatable bonds is 3. The highest BCUT2D eigenvalue weighted by molar-refractivity contribution is 5.99. The molecule has 140 valence electrons. The van der Waals surface area contributed by atoms with E-state index in [1.165, 1.54) is 11.1 Å². The first-order valence-electron chi connectivity index (χ1n) is 9.26. The van der Waals surface area contributed by atoms with Gasteiger partial charge in [-0.15, -0.1) is 12.4 Å². The SMILES string of the molecule is CCc1cc(C)c2c(c1)[C@@H]1CNC[C@H]1N(Cc1ccc(C#N)cc1)C2=O.Cl. The highest BCUT2D eigenvalue weighted by Gasteiger charge is 2.43. The molecule has 4 nitrogen and oxygen atoms in total. The van der Waals surface area contributed by atoms with Crippen LogP contribution in [0.3, 0.4) is 0 Å². The molecular weight excluding hydrogens is 358 g/mol. The molecule has 27 heavy (non-hydrogen) atoms. The third kappa shape index (κ3) is 3.34. The molecule has 0 aromatic heterocycles. The Bertz CT molecular complexity index is 901. The van der Waals surface area contributed by atoms with E-state index >= 15 is 0 Å². The van der Waals surface area contributed by atoms with E-state index in [0.29, 0.717) is 18.0 Å². The van der Waals surface area contributed by atoms with Crippen molar-refractivity contribution in [3.63, 3.8) is 0 Å². The maximum atomic E-state index is 13.4. The Balaban J connectivity index is 0.00000210. The molecule has 0 aliphatic carbocycles. The van der Waals surface area contributed by atoms with Gasteiger partial charge < -0.3 is 10.2 Å². The minimum Gasteiger partial charge on any atom is -0.329 e. The monoisotopic (exact) mass is 381 g/mol. The molecule has 0 bridgehead atoms. The fourth-order valence-corrected chi connectivity index (χ4v) is 4.35. The molecule has 4 rings (SSSR count). The number of aryl methyl sites for hydroxylation is 2. The number of amides is 1. The fraction of sp³-hybridized carbons (Fsp3) is 0.364. The summed E-state index contributed by atoms with van der Waals surface area (Å²) in [5.74, 6) is 0.487. The second kappa shape index (κ2) is 7.72. The van der Waals surface area contributed by atoms with Crippen LogP contribution in [0, 0.1) is 18.3 Å². The Kier molecular flexibility index (Phi) is 5.55. The maximum Gasteiger partial charge on any atom is 0.255 e. The molecule has 0 spiro atoms. The van der Waals surface area contributed by atoms with Gasteiger partial charge in [0.15, 0.2) is 0 Å². The predicted molar refractivity (Wildman–Crippen MR) is 108 cm³/mol. The topological polar surface area (TPSA) is 56.1 Å². The second-order valence-electron chi connectivity index (χ2n) is 7.30. The van der Waals surface area contributed by atoms with Crippen LogP contribution in [0.5, 0.6) is 0 Å². The second-order valence-corrected chi connectivity index (χ2v) is 7.30. The first-order chi connectivity index (χ1) is 12.6. The molecule has 2 atom stereocenters. The molecular formula is C22H24ClN3O. The Morgan fingerprint density at radius 1 is 1.19 bits per heavy atom. The highest BCUT2D eigenvalue weighted by Crippen LogP contribution is 2.38. The van der Waals surface area contributed by atoms with Gasteiger partial charge >= 0.3 is 0 Å². The number of benzene rings is 2. The van der Waals surface area contributed by atoms with Crippen molar-refractivity contribution in [1.82, 2.24) is 10.2 Å². The highest BCUT2D eigenvalue weighted by atomic mass is 35.5. The Hall–Kier alpha value is -2.35. The van der Waals surface area contributed by atoms with Crippen LogP contribution in [-0.4, -0.2) is 29.9 Å². The number of hydrogen-bond acceptors (Lipinski definition) is 3. The van der Waals surface area contributed by atoms with Crippen LogP contribution in [0.1, 0.15) is 51.0 Å². The standard InChI is InChI=1S/C22H23N3O.ClH/c1-3-15-8-14(2)21-18(9-15)19-11-24-12-20(19)25(22(21)26)13-17-6-4-16(10-23)5-7-17;/h4-9,19-20,24H,3,11-13H2,1-2H3;1H/t19-,20+;/m0./s1. The van der Waals surface area contributed by atoms with Crippen molar-refractivity contribution in [3.05, 3.63) is 69.8 Å². The number of hydrogen-bond donors (Lipinski definition) is 1. The number of nitrogens with one attached hydrogen (secondary N) is 1. The molecule has 1 saturated heterocycles. The van der Waals surface area contributed by atoms with Crippen LogP contribution in [0.15, 0.2) is 36.4 Å². The summed E-state index contributed by atoms with van der Waals surface area (Å²) in [5.41, 5.74) is 6.21. The minimum absolute atomic E-state index is 0. The zero-order chi connectivity index (χ0) is 18.3. The zero-order valence-electron chi connectivity index (χ0n) is 15.7. The average molecular weight is 382 g/mol. The van der Waals surface area contributed by atoms with E-state index in [-0.39, 0.29) is 24.4 Å². The normalized spacial score (nSPS) is 20.5. The van der Waals surface area contributed by atoms with Crippen LogP contribution in [0.4, 0.5) is 0 Å². The van der Waals surface area contributed by atoms with Crippen molar-refractivity contribution in [2.24, 2.45) is 0 Å². The minimum atomic E-state index is 0. The fourth-order valence-electron chi connectivity index (χ4n) is 4.35. The molecule has 2 heterocycles. The number of carbonyl (C=O) groups excluding carboxylic acids is 1. The summed E-state index contributed by atoms with van der Waals surface area (Å²) in [4.78, 5) is 15.4. The van der Waals surface area contributed by atoms with E-state index < -0.39 is 0 Å². The third-order valence-corrected chi connectivity index (χ3v) is 5.73. The van der Waals surface area contributed by atoms with E-state index in [0.717, 1.165) is 36.2 Å². The van der Waals surface area contributed by atoms with Gasteiger partial charge in [0, 0.05) is 31.1 Å². The first-order valence-corrected chi connectivity index (χ1v) is 9.26. The summed E-state index contributed by atoms with van der Waals surface area (Å²) in [6, 6.07) is 14.3. The van der Waals surface area contributed by atoms with E-state index in [1.807, 2.05) is 29.2 Å². The zero-order valence-corrected chi connectivity index (χ0v) is 16.5. The Morgan fingerprint density at radius 3 is 2.59 bits per heavy atom. The van der Waals surface area contributed by atoms with Gasteiger partial charge in [-0.05, 0) is 47.7 Å². The first kappa shape index (κ1) is 19.4. The maximum absolute atomic E-state index is 13.4. The van der Waals surface area contributed by atoms with Crippen molar-refractivity contribution >= 4 is 18.3 Å². The molecule has 2 aromatic rings. The van der Waals surface area contributed by atoms with Gasteiger partial charge in [-0.25, -0.2) is 0 Å². The summed E-state index contributed by atoms with van der Waals surface area (Å²) in [6.45, 7) is 6.55. The molecule has 2 aromatic carbocycles. The molecule has 2 aliphatic rings. The van der Waals surface area contributed by atoms with E-state index in [4.69, 9.17) is 5.26 Å². The lowest BCUT2D eigenvalue weighted by atomic mass is 9.81. The lowest BCUT2D eigenvalue weighted by molar-refractivity contribution is 0.0629. The van der Waals surface area contributed by atoms with Crippen molar-refractivity contribution in [1.29, 1.82) is 5.26 Å². The smallest absolute Gasteiger partial charge is 0.255 e. The van der Waals surface area contributed by atoms with E-state index in [1.54, 1.807) is 0 Å². The summed E-state index contributed by atoms with van der Waals surface area (Å²) in [7, 11) is 0. The Labute approximate surface area is 166 Å². The average Bonchev–Trinajstić information content (AvgIpc) is 3.15. The van der Waals surface area contributed by atoms with Gasteiger partial charge in [-0.2, -0.15) is 5.26 Å². The summed E-state index contributed by atoms with van der Waals surface area (Å²) in [6.07, 6.45) is 0.988. The third-order valence-electron chi connectivity index (χ3n) is 5.73.